The minimum Gasteiger partial charge on any atom is -0.390 e. The highest BCUT2D eigenvalue weighted by Gasteiger charge is 2.08. The number of hydrogen-bond acceptors (Lipinski definition) is 4. The fraction of sp³-hybridized carbons (Fsp3) is 0.455. The van der Waals surface area contributed by atoms with Crippen LogP contribution in [0.3, 0.4) is 0 Å². The molecule has 0 saturated carbocycles. The topological polar surface area (TPSA) is 100 Å². The quantitative estimate of drug-likeness (QED) is 0.423. The van der Waals surface area contributed by atoms with E-state index in [1.54, 1.807) is 12.1 Å². The van der Waals surface area contributed by atoms with Crippen LogP contribution in [-0.4, -0.2) is 40.9 Å². The number of rotatable bonds is 7. The Balaban J connectivity index is 2.39. The first-order valence-corrected chi connectivity index (χ1v) is 5.45. The Morgan fingerprint density at radius 2 is 1.82 bits per heavy atom. The second-order valence-electron chi connectivity index (χ2n) is 3.82. The van der Waals surface area contributed by atoms with Gasteiger partial charge in [-0.25, -0.2) is 0 Å². The van der Waals surface area contributed by atoms with E-state index in [0.29, 0.717) is 0 Å². The molecule has 0 aromatic heterocycles. The molecule has 0 aliphatic rings. The number of nitrogens with zero attached hydrogens (tertiary/aromatic N) is 1. The molecule has 0 spiro atoms. The largest absolute Gasteiger partial charge is 0.390 e. The van der Waals surface area contributed by atoms with E-state index in [4.69, 9.17) is 10.2 Å². The maximum Gasteiger partial charge on any atom is 0.269 e. The molecular weight excluding hydrogens is 224 g/mol. The van der Waals surface area contributed by atoms with Crippen molar-refractivity contribution in [3.05, 3.63) is 39.9 Å². The van der Waals surface area contributed by atoms with Gasteiger partial charge >= 0.3 is 0 Å². The standard InChI is InChI=1S/C11H16N2O4/c14-7-10(8-15)12-6-5-9-1-3-11(4-2-9)13(16)17/h1-4,10,12,14-15H,5-8H2/p+1. The van der Waals surface area contributed by atoms with Crippen molar-refractivity contribution in [3.63, 3.8) is 0 Å². The number of aliphatic hydroxyl groups excluding tert-OH is 2. The minimum atomic E-state index is -0.427. The van der Waals surface area contributed by atoms with Crippen LogP contribution in [0.5, 0.6) is 0 Å². The van der Waals surface area contributed by atoms with E-state index in [1.807, 2.05) is 5.32 Å². The molecule has 0 amide bonds. The zero-order chi connectivity index (χ0) is 12.7. The summed E-state index contributed by atoms with van der Waals surface area (Å²) in [6.07, 6.45) is 0.745. The Bertz CT molecular complexity index is 349. The van der Waals surface area contributed by atoms with Gasteiger partial charge in [-0.05, 0) is 5.56 Å². The summed E-state index contributed by atoms with van der Waals surface area (Å²) in [4.78, 5) is 10.0. The van der Waals surface area contributed by atoms with Gasteiger partial charge in [-0.3, -0.25) is 10.1 Å². The van der Waals surface area contributed by atoms with Crippen LogP contribution in [-0.2, 0) is 6.42 Å². The molecule has 1 aromatic rings. The fourth-order valence-electron chi connectivity index (χ4n) is 1.48. The number of aliphatic hydroxyl groups is 2. The third kappa shape index (κ3) is 4.48. The number of nitro benzene ring substituents is 1. The van der Waals surface area contributed by atoms with Crippen LogP contribution in [0, 0.1) is 10.1 Å². The molecule has 6 heteroatoms. The van der Waals surface area contributed by atoms with Gasteiger partial charge in [0.1, 0.15) is 6.04 Å². The predicted octanol–water partition coefficient (Wildman–Crippen LogP) is -0.946. The van der Waals surface area contributed by atoms with E-state index in [-0.39, 0.29) is 24.9 Å². The Morgan fingerprint density at radius 3 is 2.29 bits per heavy atom. The number of benzene rings is 1. The summed E-state index contributed by atoms with van der Waals surface area (Å²) in [6, 6.07) is 6.21. The third-order valence-electron chi connectivity index (χ3n) is 2.55. The lowest BCUT2D eigenvalue weighted by molar-refractivity contribution is -0.692. The SMILES string of the molecule is O=[N+]([O-])c1ccc(CC[NH2+]C(CO)CO)cc1. The first-order chi connectivity index (χ1) is 8.17. The van der Waals surface area contributed by atoms with Gasteiger partial charge in [0.15, 0.2) is 0 Å². The summed E-state index contributed by atoms with van der Waals surface area (Å²) in [5, 5.41) is 30.0. The predicted molar refractivity (Wildman–Crippen MR) is 61.6 cm³/mol. The average Bonchev–Trinajstić information content (AvgIpc) is 2.35. The summed E-state index contributed by atoms with van der Waals surface area (Å²) >= 11 is 0. The van der Waals surface area contributed by atoms with E-state index < -0.39 is 4.92 Å². The van der Waals surface area contributed by atoms with Crippen molar-refractivity contribution >= 4 is 5.69 Å². The van der Waals surface area contributed by atoms with Crippen molar-refractivity contribution in [2.45, 2.75) is 12.5 Å². The van der Waals surface area contributed by atoms with Crippen LogP contribution in [0.2, 0.25) is 0 Å². The monoisotopic (exact) mass is 241 g/mol. The molecule has 0 aliphatic heterocycles. The zero-order valence-corrected chi connectivity index (χ0v) is 9.45. The van der Waals surface area contributed by atoms with E-state index in [2.05, 4.69) is 0 Å². The number of nitro groups is 1. The second kappa shape index (κ2) is 6.95. The molecular formula is C11H17N2O4+. The zero-order valence-electron chi connectivity index (χ0n) is 9.45. The molecule has 0 atom stereocenters. The molecule has 17 heavy (non-hydrogen) atoms. The molecule has 0 bridgehead atoms. The second-order valence-corrected chi connectivity index (χ2v) is 3.82. The van der Waals surface area contributed by atoms with Gasteiger partial charge in [0, 0.05) is 18.6 Å². The van der Waals surface area contributed by atoms with Crippen LogP contribution < -0.4 is 5.32 Å². The Hall–Kier alpha value is -1.50. The van der Waals surface area contributed by atoms with Gasteiger partial charge in [0.2, 0.25) is 0 Å². The van der Waals surface area contributed by atoms with Crippen molar-refractivity contribution < 1.29 is 20.5 Å². The molecule has 4 N–H and O–H groups in total. The molecule has 0 aliphatic carbocycles. The highest BCUT2D eigenvalue weighted by atomic mass is 16.6. The van der Waals surface area contributed by atoms with Gasteiger partial charge in [0.25, 0.3) is 5.69 Å². The van der Waals surface area contributed by atoms with Gasteiger partial charge in [-0.2, -0.15) is 0 Å². The van der Waals surface area contributed by atoms with Crippen molar-refractivity contribution in [2.24, 2.45) is 0 Å². The first kappa shape index (κ1) is 13.6. The average molecular weight is 241 g/mol. The van der Waals surface area contributed by atoms with Crippen LogP contribution in [0.25, 0.3) is 0 Å². The maximum absolute atomic E-state index is 10.4. The van der Waals surface area contributed by atoms with E-state index in [1.165, 1.54) is 12.1 Å². The van der Waals surface area contributed by atoms with Gasteiger partial charge in [0.05, 0.1) is 24.7 Å². The molecule has 1 rings (SSSR count). The van der Waals surface area contributed by atoms with E-state index in [9.17, 15) is 10.1 Å². The van der Waals surface area contributed by atoms with Crippen LogP contribution >= 0.6 is 0 Å². The Labute approximate surface area is 99.0 Å². The van der Waals surface area contributed by atoms with Crippen molar-refractivity contribution in [1.82, 2.24) is 0 Å². The highest BCUT2D eigenvalue weighted by Crippen LogP contribution is 2.11. The lowest BCUT2D eigenvalue weighted by Crippen LogP contribution is -2.92. The molecule has 0 fully saturated rings. The molecule has 6 nitrogen and oxygen atoms in total. The smallest absolute Gasteiger partial charge is 0.269 e. The number of nitrogens with two attached hydrogens (primary N) is 1. The molecule has 1 aromatic carbocycles. The number of non-ortho nitro benzene ring substituents is 1. The van der Waals surface area contributed by atoms with Crippen molar-refractivity contribution in [1.29, 1.82) is 0 Å². The third-order valence-corrected chi connectivity index (χ3v) is 2.55. The first-order valence-electron chi connectivity index (χ1n) is 5.45. The van der Waals surface area contributed by atoms with Crippen molar-refractivity contribution in [3.8, 4) is 0 Å². The van der Waals surface area contributed by atoms with Crippen LogP contribution in [0.15, 0.2) is 24.3 Å². The van der Waals surface area contributed by atoms with Gasteiger partial charge in [-0.1, -0.05) is 12.1 Å². The van der Waals surface area contributed by atoms with Crippen LogP contribution in [0.4, 0.5) is 5.69 Å². The summed E-state index contributed by atoms with van der Waals surface area (Å²) in [7, 11) is 0. The van der Waals surface area contributed by atoms with E-state index in [0.717, 1.165) is 18.5 Å². The van der Waals surface area contributed by atoms with Gasteiger partial charge in [-0.15, -0.1) is 0 Å². The fourth-order valence-corrected chi connectivity index (χ4v) is 1.48. The molecule has 0 saturated heterocycles. The van der Waals surface area contributed by atoms with Crippen LogP contribution in [0.1, 0.15) is 5.56 Å². The molecule has 0 heterocycles. The maximum atomic E-state index is 10.4. The normalized spacial score (nSPS) is 10.8. The highest BCUT2D eigenvalue weighted by molar-refractivity contribution is 5.32. The van der Waals surface area contributed by atoms with E-state index >= 15 is 0 Å². The lowest BCUT2D eigenvalue weighted by atomic mass is 10.1. The Kier molecular flexibility index (Phi) is 5.55. The molecule has 94 valence electrons. The summed E-state index contributed by atoms with van der Waals surface area (Å²) < 4.78 is 0. The number of hydrogen-bond donors (Lipinski definition) is 3. The summed E-state index contributed by atoms with van der Waals surface area (Å²) in [5.41, 5.74) is 1.09. The molecule has 0 radical (unpaired) electrons. The molecule has 0 unspecified atom stereocenters. The minimum absolute atomic E-state index is 0.0588. The lowest BCUT2D eigenvalue weighted by Gasteiger charge is -2.09. The van der Waals surface area contributed by atoms with Gasteiger partial charge < -0.3 is 15.5 Å². The Morgan fingerprint density at radius 1 is 1.24 bits per heavy atom. The van der Waals surface area contributed by atoms with Crippen molar-refractivity contribution in [2.75, 3.05) is 19.8 Å². The summed E-state index contributed by atoms with van der Waals surface area (Å²) in [6.45, 7) is 0.608. The number of quaternary nitrogens is 1. The summed E-state index contributed by atoms with van der Waals surface area (Å²) in [5.74, 6) is 0.